The highest BCUT2D eigenvalue weighted by molar-refractivity contribution is 5.05. The number of rotatable bonds is 5. The van der Waals surface area contributed by atoms with Crippen molar-refractivity contribution < 1.29 is 5.11 Å². The van der Waals surface area contributed by atoms with Crippen molar-refractivity contribution in [3.05, 3.63) is 0 Å². The van der Waals surface area contributed by atoms with Gasteiger partial charge in [0.15, 0.2) is 0 Å². The average molecular weight is 236 g/mol. The number of unbranched alkanes of at least 4 members (excludes halogenated alkanes) is 3. The Morgan fingerprint density at radius 1 is 1.00 bits per heavy atom. The zero-order valence-electron chi connectivity index (χ0n) is 11.3. The van der Waals surface area contributed by atoms with Gasteiger partial charge in [0.25, 0.3) is 0 Å². The van der Waals surface area contributed by atoms with Gasteiger partial charge in [-0.05, 0) is 62.2 Å². The summed E-state index contributed by atoms with van der Waals surface area (Å²) in [7, 11) is 0. The van der Waals surface area contributed by atoms with Crippen LogP contribution in [0.2, 0.25) is 0 Å². The molecule has 0 aliphatic heterocycles. The summed E-state index contributed by atoms with van der Waals surface area (Å²) in [6, 6.07) is 0. The summed E-state index contributed by atoms with van der Waals surface area (Å²) in [5.41, 5.74) is -0.257. The Morgan fingerprint density at radius 2 is 1.82 bits per heavy atom. The molecule has 3 aliphatic carbocycles. The van der Waals surface area contributed by atoms with E-state index in [1.807, 2.05) is 0 Å². The van der Waals surface area contributed by atoms with Crippen LogP contribution in [0.3, 0.4) is 0 Å². The standard InChI is InChI=1S/C16H28O/c1-2-3-4-5-6-16(17)11-13-7-12-8-14(9-13)15(16)10-12/h12-15,17H,2-11H2,1H3/t12-,13+,14-,15?,16?/m0/s1. The molecule has 0 spiro atoms. The topological polar surface area (TPSA) is 20.2 Å². The molecule has 3 saturated carbocycles. The van der Waals surface area contributed by atoms with Crippen LogP contribution >= 0.6 is 0 Å². The van der Waals surface area contributed by atoms with Gasteiger partial charge in [0.1, 0.15) is 0 Å². The average Bonchev–Trinajstić information content (AvgIpc) is 2.55. The van der Waals surface area contributed by atoms with Gasteiger partial charge in [0.05, 0.1) is 5.60 Å². The molecule has 0 heterocycles. The van der Waals surface area contributed by atoms with Crippen molar-refractivity contribution in [2.45, 2.75) is 76.7 Å². The van der Waals surface area contributed by atoms with E-state index >= 15 is 0 Å². The molecule has 0 aromatic carbocycles. The Morgan fingerprint density at radius 3 is 2.65 bits per heavy atom. The van der Waals surface area contributed by atoms with E-state index in [1.165, 1.54) is 51.4 Å². The summed E-state index contributed by atoms with van der Waals surface area (Å²) in [5.74, 6) is 3.42. The molecule has 5 atom stereocenters. The SMILES string of the molecule is CCCCCCC1(O)C[C@@H]2C[C@@H]3CC1[C@H](C2)C3. The minimum atomic E-state index is -0.257. The summed E-state index contributed by atoms with van der Waals surface area (Å²) in [6.07, 6.45) is 13.1. The van der Waals surface area contributed by atoms with Crippen molar-refractivity contribution in [2.24, 2.45) is 23.7 Å². The van der Waals surface area contributed by atoms with E-state index in [4.69, 9.17) is 0 Å². The maximum atomic E-state index is 11.0. The highest BCUT2D eigenvalue weighted by Crippen LogP contribution is 2.59. The maximum Gasteiger partial charge on any atom is 0.0681 e. The van der Waals surface area contributed by atoms with Crippen LogP contribution in [0.4, 0.5) is 0 Å². The van der Waals surface area contributed by atoms with Gasteiger partial charge in [-0.25, -0.2) is 0 Å². The van der Waals surface area contributed by atoms with E-state index in [2.05, 4.69) is 6.92 Å². The number of aliphatic hydroxyl groups is 1. The Hall–Kier alpha value is -0.0400. The summed E-state index contributed by atoms with van der Waals surface area (Å²) in [4.78, 5) is 0. The van der Waals surface area contributed by atoms with Crippen molar-refractivity contribution in [3.8, 4) is 0 Å². The second-order valence-electron chi connectivity index (χ2n) is 7.16. The van der Waals surface area contributed by atoms with Gasteiger partial charge in [-0.3, -0.25) is 0 Å². The number of hydrogen-bond donors (Lipinski definition) is 1. The molecule has 3 bridgehead atoms. The van der Waals surface area contributed by atoms with Gasteiger partial charge >= 0.3 is 0 Å². The third-order valence-corrected chi connectivity index (χ3v) is 5.89. The van der Waals surface area contributed by atoms with Crippen LogP contribution < -0.4 is 0 Å². The van der Waals surface area contributed by atoms with Crippen molar-refractivity contribution in [3.63, 3.8) is 0 Å². The quantitative estimate of drug-likeness (QED) is 0.711. The second kappa shape index (κ2) is 4.57. The monoisotopic (exact) mass is 236 g/mol. The fourth-order valence-electron chi connectivity index (χ4n) is 5.31. The molecule has 0 radical (unpaired) electrons. The first-order valence-electron chi connectivity index (χ1n) is 7.93. The molecule has 0 saturated heterocycles. The predicted octanol–water partition coefficient (Wildman–Crippen LogP) is 4.14. The van der Waals surface area contributed by atoms with Gasteiger partial charge in [0, 0.05) is 0 Å². The van der Waals surface area contributed by atoms with Crippen molar-refractivity contribution in [1.29, 1.82) is 0 Å². The molecule has 1 nitrogen and oxygen atoms in total. The summed E-state index contributed by atoms with van der Waals surface area (Å²) >= 11 is 0. The van der Waals surface area contributed by atoms with Crippen molar-refractivity contribution >= 4 is 0 Å². The molecule has 17 heavy (non-hydrogen) atoms. The third kappa shape index (κ3) is 2.16. The molecule has 0 aromatic heterocycles. The molecule has 3 aliphatic rings. The van der Waals surface area contributed by atoms with E-state index in [9.17, 15) is 5.11 Å². The highest BCUT2D eigenvalue weighted by Gasteiger charge is 2.54. The van der Waals surface area contributed by atoms with E-state index < -0.39 is 0 Å². The van der Waals surface area contributed by atoms with Crippen LogP contribution in [0.25, 0.3) is 0 Å². The van der Waals surface area contributed by atoms with Crippen LogP contribution in [0.15, 0.2) is 0 Å². The Balaban J connectivity index is 1.62. The van der Waals surface area contributed by atoms with Crippen LogP contribution in [0, 0.1) is 23.7 Å². The van der Waals surface area contributed by atoms with Gasteiger partial charge < -0.3 is 5.11 Å². The Kier molecular flexibility index (Phi) is 3.23. The van der Waals surface area contributed by atoms with E-state index in [0.717, 1.165) is 30.6 Å². The van der Waals surface area contributed by atoms with E-state index in [0.29, 0.717) is 5.92 Å². The van der Waals surface area contributed by atoms with Gasteiger partial charge in [-0.15, -0.1) is 0 Å². The predicted molar refractivity (Wildman–Crippen MR) is 70.8 cm³/mol. The van der Waals surface area contributed by atoms with Crippen LogP contribution in [0.1, 0.15) is 71.1 Å². The molecule has 0 aromatic rings. The van der Waals surface area contributed by atoms with Gasteiger partial charge in [-0.2, -0.15) is 0 Å². The smallest absolute Gasteiger partial charge is 0.0681 e. The van der Waals surface area contributed by atoms with Crippen LogP contribution in [-0.2, 0) is 0 Å². The molecule has 3 fully saturated rings. The highest BCUT2D eigenvalue weighted by atomic mass is 16.3. The summed E-state index contributed by atoms with van der Waals surface area (Å²) in [5, 5.41) is 11.0. The minimum Gasteiger partial charge on any atom is -0.390 e. The van der Waals surface area contributed by atoms with Crippen LogP contribution in [-0.4, -0.2) is 10.7 Å². The molecular weight excluding hydrogens is 208 g/mol. The fourth-order valence-corrected chi connectivity index (χ4v) is 5.31. The number of hydrogen-bond acceptors (Lipinski definition) is 1. The molecule has 98 valence electrons. The largest absolute Gasteiger partial charge is 0.390 e. The molecule has 1 N–H and O–H groups in total. The Labute approximate surface area is 106 Å². The summed E-state index contributed by atoms with van der Waals surface area (Å²) in [6.45, 7) is 2.26. The first kappa shape index (κ1) is 12.0. The lowest BCUT2D eigenvalue weighted by atomic mass is 9.63. The second-order valence-corrected chi connectivity index (χ2v) is 7.16. The summed E-state index contributed by atoms with van der Waals surface area (Å²) < 4.78 is 0. The van der Waals surface area contributed by atoms with Crippen molar-refractivity contribution in [2.75, 3.05) is 0 Å². The first-order valence-corrected chi connectivity index (χ1v) is 7.93. The molecule has 0 amide bonds. The molecule has 1 heteroatoms. The maximum absolute atomic E-state index is 11.0. The number of fused-ring (bicyclic) bond motifs is 2. The molecular formula is C16H28O. The fraction of sp³-hybridized carbons (Fsp3) is 1.00. The molecule has 3 rings (SSSR count). The van der Waals surface area contributed by atoms with Gasteiger partial charge in [0.2, 0.25) is 0 Å². The lowest BCUT2D eigenvalue weighted by Gasteiger charge is -2.45. The minimum absolute atomic E-state index is 0.257. The normalized spacial score (nSPS) is 47.6. The Bertz CT molecular complexity index is 273. The zero-order valence-corrected chi connectivity index (χ0v) is 11.3. The first-order chi connectivity index (χ1) is 8.21. The lowest BCUT2D eigenvalue weighted by molar-refractivity contribution is -0.0876. The van der Waals surface area contributed by atoms with Crippen molar-refractivity contribution in [1.82, 2.24) is 0 Å². The molecule has 2 unspecified atom stereocenters. The van der Waals surface area contributed by atoms with Gasteiger partial charge in [-0.1, -0.05) is 32.6 Å². The zero-order chi connectivity index (χ0) is 11.9. The van der Waals surface area contributed by atoms with E-state index in [1.54, 1.807) is 0 Å². The van der Waals surface area contributed by atoms with E-state index in [-0.39, 0.29) is 5.60 Å². The lowest BCUT2D eigenvalue weighted by Crippen LogP contribution is -2.45. The van der Waals surface area contributed by atoms with Crippen LogP contribution in [0.5, 0.6) is 0 Å². The third-order valence-electron chi connectivity index (χ3n) is 5.89.